The average molecular weight is 238 g/mol. The third-order valence-corrected chi connectivity index (χ3v) is 2.80. The molecule has 1 aromatic heterocycles. The summed E-state index contributed by atoms with van der Waals surface area (Å²) in [5, 5.41) is 10.9. The van der Waals surface area contributed by atoms with E-state index >= 15 is 0 Å². The van der Waals surface area contributed by atoms with Crippen LogP contribution in [0.25, 0.3) is 0 Å². The highest BCUT2D eigenvalue weighted by Gasteiger charge is 2.27. The second kappa shape index (κ2) is 4.50. The van der Waals surface area contributed by atoms with Crippen LogP contribution in [-0.4, -0.2) is 28.0 Å². The average Bonchev–Trinajstić information content (AvgIpc) is 2.75. The predicted molar refractivity (Wildman–Crippen MR) is 62.5 cm³/mol. The van der Waals surface area contributed by atoms with E-state index in [1.165, 1.54) is 6.20 Å². The molecule has 1 unspecified atom stereocenters. The molecule has 0 aromatic carbocycles. The minimum atomic E-state index is -0.474. The fraction of sp³-hybridized carbons (Fsp3) is 0.556. The first-order valence-corrected chi connectivity index (χ1v) is 5.35. The first-order chi connectivity index (χ1) is 8.11. The third-order valence-electron chi connectivity index (χ3n) is 2.80. The number of nitrogen functional groups attached to an aromatic ring is 1. The van der Waals surface area contributed by atoms with E-state index in [9.17, 15) is 10.1 Å². The van der Waals surface area contributed by atoms with Gasteiger partial charge in [0, 0.05) is 13.1 Å². The number of aromatic nitrogens is 2. The Kier molecular flexibility index (Phi) is 3.05. The van der Waals surface area contributed by atoms with Crippen molar-refractivity contribution in [3.8, 4) is 0 Å². The van der Waals surface area contributed by atoms with E-state index < -0.39 is 4.92 Å². The molecule has 1 aliphatic rings. The van der Waals surface area contributed by atoms with Crippen LogP contribution in [0.3, 0.4) is 0 Å². The summed E-state index contributed by atoms with van der Waals surface area (Å²) in [6.07, 6.45) is 2.19. The van der Waals surface area contributed by atoms with Crippen molar-refractivity contribution in [1.29, 1.82) is 0 Å². The van der Waals surface area contributed by atoms with Gasteiger partial charge in [0.05, 0.1) is 4.92 Å². The molecular formula is C9H14N6O2. The fourth-order valence-electron chi connectivity index (χ4n) is 1.92. The van der Waals surface area contributed by atoms with E-state index in [0.29, 0.717) is 11.7 Å². The van der Waals surface area contributed by atoms with Gasteiger partial charge in [0.25, 0.3) is 0 Å². The lowest BCUT2D eigenvalue weighted by molar-refractivity contribution is -0.384. The summed E-state index contributed by atoms with van der Waals surface area (Å²) in [6, 6.07) is 0. The van der Waals surface area contributed by atoms with Crippen molar-refractivity contribution in [2.45, 2.75) is 13.3 Å². The van der Waals surface area contributed by atoms with E-state index in [0.717, 1.165) is 19.5 Å². The number of rotatable bonds is 3. The summed E-state index contributed by atoms with van der Waals surface area (Å²) in [6.45, 7) is 3.64. The van der Waals surface area contributed by atoms with Crippen molar-refractivity contribution in [3.05, 3.63) is 16.3 Å². The number of nitrogens with zero attached hydrogens (tertiary/aromatic N) is 4. The van der Waals surface area contributed by atoms with Gasteiger partial charge in [0.15, 0.2) is 0 Å². The van der Waals surface area contributed by atoms with Crippen molar-refractivity contribution in [1.82, 2.24) is 9.97 Å². The highest BCUT2D eigenvalue weighted by atomic mass is 16.6. The Labute approximate surface area is 98.0 Å². The van der Waals surface area contributed by atoms with Crippen LogP contribution in [0.15, 0.2) is 6.20 Å². The Morgan fingerprint density at radius 1 is 1.71 bits per heavy atom. The molecule has 1 aromatic rings. The van der Waals surface area contributed by atoms with Crippen LogP contribution in [0, 0.1) is 16.0 Å². The summed E-state index contributed by atoms with van der Waals surface area (Å²) in [5.74, 6) is 6.24. The minimum absolute atomic E-state index is 0.0851. The van der Waals surface area contributed by atoms with Gasteiger partial charge in [-0.25, -0.2) is 10.8 Å². The van der Waals surface area contributed by atoms with Crippen LogP contribution in [0.1, 0.15) is 13.3 Å². The third kappa shape index (κ3) is 2.26. The molecule has 2 rings (SSSR count). The molecule has 0 amide bonds. The van der Waals surface area contributed by atoms with Crippen molar-refractivity contribution >= 4 is 17.5 Å². The maximum atomic E-state index is 10.9. The predicted octanol–water partition coefficient (Wildman–Crippen LogP) is 0.517. The van der Waals surface area contributed by atoms with Gasteiger partial charge in [0.2, 0.25) is 11.8 Å². The summed E-state index contributed by atoms with van der Waals surface area (Å²) in [5.41, 5.74) is 2.21. The van der Waals surface area contributed by atoms with Crippen molar-refractivity contribution in [2.75, 3.05) is 23.4 Å². The van der Waals surface area contributed by atoms with Gasteiger partial charge < -0.3 is 4.90 Å². The Morgan fingerprint density at radius 2 is 2.47 bits per heavy atom. The molecule has 8 heteroatoms. The molecule has 0 aliphatic carbocycles. The second-order valence-electron chi connectivity index (χ2n) is 4.14. The maximum absolute atomic E-state index is 10.9. The van der Waals surface area contributed by atoms with Crippen LogP contribution >= 0.6 is 0 Å². The second-order valence-corrected chi connectivity index (χ2v) is 4.14. The summed E-state index contributed by atoms with van der Waals surface area (Å²) >= 11 is 0. The molecule has 92 valence electrons. The molecule has 0 saturated carbocycles. The van der Waals surface area contributed by atoms with Crippen LogP contribution in [0.4, 0.5) is 17.5 Å². The van der Waals surface area contributed by atoms with Gasteiger partial charge in [0.1, 0.15) is 6.20 Å². The minimum Gasteiger partial charge on any atom is -0.350 e. The van der Waals surface area contributed by atoms with E-state index in [4.69, 9.17) is 5.84 Å². The van der Waals surface area contributed by atoms with Gasteiger partial charge in [-0.2, -0.15) is 4.98 Å². The molecule has 1 atom stereocenters. The first-order valence-electron chi connectivity index (χ1n) is 5.35. The Balaban J connectivity index is 2.38. The van der Waals surface area contributed by atoms with Crippen molar-refractivity contribution < 1.29 is 4.92 Å². The van der Waals surface area contributed by atoms with Crippen molar-refractivity contribution in [3.63, 3.8) is 0 Å². The quantitative estimate of drug-likeness (QED) is 0.448. The lowest BCUT2D eigenvalue weighted by Crippen LogP contribution is -2.23. The van der Waals surface area contributed by atoms with Crippen molar-refractivity contribution in [2.24, 2.45) is 11.8 Å². The van der Waals surface area contributed by atoms with E-state index in [2.05, 4.69) is 22.3 Å². The standard InChI is InChI=1S/C9H14N6O2/c1-6-2-3-14(5-6)8-7(15(16)17)4-11-9(12-8)13-10/h4,6H,2-3,5,10H2,1H3,(H,11,12,13). The number of nitro groups is 1. The molecule has 2 heterocycles. The van der Waals surface area contributed by atoms with E-state index in [-0.39, 0.29) is 11.6 Å². The number of hydrogen-bond donors (Lipinski definition) is 2. The van der Waals surface area contributed by atoms with Gasteiger partial charge >= 0.3 is 5.69 Å². The Hall–Kier alpha value is -1.96. The molecule has 1 saturated heterocycles. The Morgan fingerprint density at radius 3 is 3.00 bits per heavy atom. The topological polar surface area (TPSA) is 110 Å². The monoisotopic (exact) mass is 238 g/mol. The normalized spacial score (nSPS) is 19.4. The zero-order valence-electron chi connectivity index (χ0n) is 9.46. The Bertz CT molecular complexity index is 437. The van der Waals surface area contributed by atoms with Gasteiger partial charge in [-0.1, -0.05) is 6.92 Å². The number of nitrogens with two attached hydrogens (primary N) is 1. The molecule has 1 aliphatic heterocycles. The van der Waals surface area contributed by atoms with E-state index in [1.54, 1.807) is 0 Å². The van der Waals surface area contributed by atoms with Crippen LogP contribution in [0.2, 0.25) is 0 Å². The molecule has 3 N–H and O–H groups in total. The molecule has 1 fully saturated rings. The number of hydrogen-bond acceptors (Lipinski definition) is 7. The lowest BCUT2D eigenvalue weighted by atomic mass is 10.2. The smallest absolute Gasteiger partial charge is 0.329 e. The summed E-state index contributed by atoms with van der Waals surface area (Å²) < 4.78 is 0. The fourth-order valence-corrected chi connectivity index (χ4v) is 1.92. The largest absolute Gasteiger partial charge is 0.350 e. The highest BCUT2D eigenvalue weighted by Crippen LogP contribution is 2.30. The zero-order chi connectivity index (χ0) is 12.4. The van der Waals surface area contributed by atoms with Crippen LogP contribution in [-0.2, 0) is 0 Å². The van der Waals surface area contributed by atoms with Crippen LogP contribution < -0.4 is 16.2 Å². The molecule has 0 bridgehead atoms. The van der Waals surface area contributed by atoms with Crippen LogP contribution in [0.5, 0.6) is 0 Å². The number of hydrazine groups is 1. The lowest BCUT2D eigenvalue weighted by Gasteiger charge is -2.16. The SMILES string of the molecule is CC1CCN(c2nc(NN)ncc2[N+](=O)[O-])C1. The summed E-state index contributed by atoms with van der Waals surface area (Å²) in [7, 11) is 0. The van der Waals surface area contributed by atoms with Gasteiger partial charge in [-0.15, -0.1) is 0 Å². The molecule has 0 radical (unpaired) electrons. The molecule has 0 spiro atoms. The molecular weight excluding hydrogens is 224 g/mol. The van der Waals surface area contributed by atoms with E-state index in [1.807, 2.05) is 4.90 Å². The first kappa shape index (κ1) is 11.5. The number of nitrogens with one attached hydrogen (secondary N) is 1. The molecule has 17 heavy (non-hydrogen) atoms. The maximum Gasteiger partial charge on any atom is 0.329 e. The zero-order valence-corrected chi connectivity index (χ0v) is 9.46. The highest BCUT2D eigenvalue weighted by molar-refractivity contribution is 5.59. The summed E-state index contributed by atoms with van der Waals surface area (Å²) in [4.78, 5) is 20.1. The van der Waals surface area contributed by atoms with Gasteiger partial charge in [-0.05, 0) is 12.3 Å². The molecule has 8 nitrogen and oxygen atoms in total. The number of anilines is 2. The van der Waals surface area contributed by atoms with Gasteiger partial charge in [-0.3, -0.25) is 15.5 Å².